The number of aryl methyl sites for hydroxylation is 1. The fraction of sp³-hybridized carbons (Fsp3) is 0.194. The van der Waals surface area contributed by atoms with Crippen molar-refractivity contribution in [2.45, 2.75) is 25.7 Å². The third kappa shape index (κ3) is 7.59. The molecule has 0 spiro atoms. The summed E-state index contributed by atoms with van der Waals surface area (Å²) in [5.74, 6) is 0.495. The van der Waals surface area contributed by atoms with Crippen molar-refractivity contribution in [2.24, 2.45) is 5.73 Å². The van der Waals surface area contributed by atoms with Crippen LogP contribution in [0.2, 0.25) is 0 Å². The van der Waals surface area contributed by atoms with Gasteiger partial charge in [0, 0.05) is 28.9 Å². The molecule has 0 bridgehead atoms. The van der Waals surface area contributed by atoms with E-state index in [9.17, 15) is 13.2 Å². The number of fused-ring (bicyclic) bond motifs is 3. The molecule has 0 unspecified atom stereocenters. The van der Waals surface area contributed by atoms with E-state index in [1.54, 1.807) is 18.2 Å². The summed E-state index contributed by atoms with van der Waals surface area (Å²) in [6, 6.07) is 30.9. The van der Waals surface area contributed by atoms with Gasteiger partial charge in [0.2, 0.25) is 10.0 Å². The van der Waals surface area contributed by atoms with E-state index in [0.29, 0.717) is 48.0 Å². The number of rotatable bonds is 12. The highest BCUT2D eigenvalue weighted by Crippen LogP contribution is 2.44. The lowest BCUT2D eigenvalue weighted by Crippen LogP contribution is -2.18. The summed E-state index contributed by atoms with van der Waals surface area (Å²) in [6.45, 7) is 2.51. The van der Waals surface area contributed by atoms with Gasteiger partial charge in [-0.3, -0.25) is 10.0 Å². The number of benzene rings is 4. The van der Waals surface area contributed by atoms with Crippen LogP contribution in [-0.4, -0.2) is 43.4 Å². The van der Waals surface area contributed by atoms with Crippen LogP contribution in [0.4, 0.5) is 27.7 Å². The predicted molar refractivity (Wildman–Crippen MR) is 186 cm³/mol. The molecule has 4 aromatic carbocycles. The van der Waals surface area contributed by atoms with Crippen LogP contribution in [-0.2, 0) is 14.8 Å². The SMILES string of the molecule is Cc1ccc(Nc2cc(-c3cccc(NC(=O)OCC4c5ccccc5-c5ccccc54)c3)ncn2)cc1NS(=O)(=O)CCCCN. The molecule has 0 atom stereocenters. The van der Waals surface area contributed by atoms with Crippen LogP contribution in [0.25, 0.3) is 22.4 Å². The van der Waals surface area contributed by atoms with Crippen molar-refractivity contribution in [3.05, 3.63) is 120 Å². The van der Waals surface area contributed by atoms with Gasteiger partial charge in [0.25, 0.3) is 0 Å². The van der Waals surface area contributed by atoms with Gasteiger partial charge in [-0.05, 0) is 78.4 Å². The first kappa shape index (κ1) is 31.7. The van der Waals surface area contributed by atoms with E-state index in [0.717, 1.165) is 22.3 Å². The lowest BCUT2D eigenvalue weighted by molar-refractivity contribution is 0.158. The number of ether oxygens (including phenoxy) is 1. The zero-order chi connectivity index (χ0) is 32.8. The average Bonchev–Trinajstić information content (AvgIpc) is 3.39. The van der Waals surface area contributed by atoms with Crippen molar-refractivity contribution >= 4 is 39.0 Å². The molecule has 1 aromatic heterocycles. The van der Waals surface area contributed by atoms with Crippen LogP contribution < -0.4 is 21.1 Å². The highest BCUT2D eigenvalue weighted by Gasteiger charge is 2.29. The topological polar surface area (TPSA) is 148 Å². The Bertz CT molecular complexity index is 1970. The number of carbonyl (C=O) groups excluding carboxylic acids is 1. The molecule has 0 fully saturated rings. The van der Waals surface area contributed by atoms with E-state index in [1.165, 1.54) is 17.5 Å². The summed E-state index contributed by atoms with van der Waals surface area (Å²) in [5.41, 5.74) is 14.0. The Labute approximate surface area is 274 Å². The molecule has 1 amide bonds. The number of unbranched alkanes of at least 4 members (excludes halogenated alkanes) is 1. The van der Waals surface area contributed by atoms with Crippen LogP contribution in [0.5, 0.6) is 0 Å². The van der Waals surface area contributed by atoms with E-state index in [2.05, 4.69) is 49.6 Å². The van der Waals surface area contributed by atoms with Crippen LogP contribution in [0, 0.1) is 6.92 Å². The lowest BCUT2D eigenvalue weighted by Gasteiger charge is -2.15. The van der Waals surface area contributed by atoms with Crippen LogP contribution in [0.1, 0.15) is 35.4 Å². The maximum absolute atomic E-state index is 12.9. The molecule has 240 valence electrons. The Balaban J connectivity index is 1.10. The molecule has 11 heteroatoms. The van der Waals surface area contributed by atoms with Gasteiger partial charge in [-0.1, -0.05) is 66.7 Å². The molecule has 0 radical (unpaired) electrons. The van der Waals surface area contributed by atoms with Crippen molar-refractivity contribution in [1.82, 2.24) is 9.97 Å². The second kappa shape index (κ2) is 14.0. The van der Waals surface area contributed by atoms with Crippen molar-refractivity contribution in [1.29, 1.82) is 0 Å². The summed E-state index contributed by atoms with van der Waals surface area (Å²) >= 11 is 0. The number of aromatic nitrogens is 2. The number of carbonyl (C=O) groups is 1. The molecule has 6 rings (SSSR count). The zero-order valence-corrected chi connectivity index (χ0v) is 26.8. The molecule has 0 saturated heterocycles. The average molecular weight is 649 g/mol. The number of sulfonamides is 1. The Hall–Kier alpha value is -5.26. The molecule has 5 aromatic rings. The Kier molecular flexibility index (Phi) is 9.46. The monoisotopic (exact) mass is 648 g/mol. The molecular weight excluding hydrogens is 613 g/mol. The first-order valence-electron chi connectivity index (χ1n) is 15.4. The third-order valence-corrected chi connectivity index (χ3v) is 9.42. The maximum Gasteiger partial charge on any atom is 0.411 e. The van der Waals surface area contributed by atoms with Gasteiger partial charge in [-0.15, -0.1) is 0 Å². The van der Waals surface area contributed by atoms with E-state index in [4.69, 9.17) is 10.5 Å². The molecule has 1 aliphatic rings. The summed E-state index contributed by atoms with van der Waals surface area (Å²) in [5, 5.41) is 6.07. The second-order valence-electron chi connectivity index (χ2n) is 11.4. The Morgan fingerprint density at radius 2 is 1.60 bits per heavy atom. The standard InChI is InChI=1S/C36H36N6O4S/c1-24-15-16-27(20-33(24)42-47(44,45)18-7-6-17-37)40-35-21-34(38-23-39-35)25-9-8-10-26(19-25)41-36(43)46-22-32-30-13-4-2-11-28(30)29-12-3-5-14-31(29)32/h2-5,8-16,19-21,23,32,42H,6-7,17-18,22,37H2,1H3,(H,41,43)(H,38,39,40). The minimum Gasteiger partial charge on any atom is -0.448 e. The number of nitrogens with two attached hydrogens (primary N) is 1. The van der Waals surface area contributed by atoms with Crippen LogP contribution in [0.3, 0.4) is 0 Å². The first-order chi connectivity index (χ1) is 22.8. The maximum atomic E-state index is 12.9. The van der Waals surface area contributed by atoms with Crippen molar-refractivity contribution in [3.8, 4) is 22.4 Å². The van der Waals surface area contributed by atoms with Gasteiger partial charge in [0.05, 0.1) is 17.1 Å². The van der Waals surface area contributed by atoms with Gasteiger partial charge in [-0.25, -0.2) is 23.2 Å². The number of anilines is 4. The van der Waals surface area contributed by atoms with Gasteiger partial charge in [-0.2, -0.15) is 0 Å². The minimum atomic E-state index is -3.50. The highest BCUT2D eigenvalue weighted by atomic mass is 32.2. The molecule has 47 heavy (non-hydrogen) atoms. The van der Waals surface area contributed by atoms with Gasteiger partial charge < -0.3 is 15.8 Å². The van der Waals surface area contributed by atoms with E-state index >= 15 is 0 Å². The molecule has 10 nitrogen and oxygen atoms in total. The number of nitrogens with zero attached hydrogens (tertiary/aromatic N) is 2. The number of amides is 1. The number of nitrogens with one attached hydrogen (secondary N) is 3. The Morgan fingerprint density at radius 1 is 0.851 bits per heavy atom. The van der Waals surface area contributed by atoms with Gasteiger partial charge in [0.15, 0.2) is 0 Å². The molecule has 1 heterocycles. The zero-order valence-electron chi connectivity index (χ0n) is 25.9. The Morgan fingerprint density at radius 3 is 2.34 bits per heavy atom. The first-order valence-corrected chi connectivity index (χ1v) is 17.1. The number of hydrogen-bond donors (Lipinski definition) is 4. The lowest BCUT2D eigenvalue weighted by atomic mass is 9.98. The predicted octanol–water partition coefficient (Wildman–Crippen LogP) is 7.04. The van der Waals surface area contributed by atoms with Crippen molar-refractivity contribution in [3.63, 3.8) is 0 Å². The van der Waals surface area contributed by atoms with E-state index in [1.807, 2.05) is 61.5 Å². The minimum absolute atomic E-state index is 0.00574. The molecule has 0 aliphatic heterocycles. The fourth-order valence-corrected chi connectivity index (χ4v) is 6.95. The third-order valence-electron chi connectivity index (χ3n) is 8.06. The summed E-state index contributed by atoms with van der Waals surface area (Å²) < 4.78 is 33.5. The number of hydrogen-bond acceptors (Lipinski definition) is 8. The summed E-state index contributed by atoms with van der Waals surface area (Å²) in [7, 11) is -3.50. The summed E-state index contributed by atoms with van der Waals surface area (Å²) in [6.07, 6.45) is 2.04. The largest absolute Gasteiger partial charge is 0.448 e. The van der Waals surface area contributed by atoms with Crippen molar-refractivity contribution in [2.75, 3.05) is 34.3 Å². The molecule has 1 aliphatic carbocycles. The van der Waals surface area contributed by atoms with Crippen LogP contribution in [0.15, 0.2) is 103 Å². The van der Waals surface area contributed by atoms with Crippen molar-refractivity contribution < 1.29 is 17.9 Å². The second-order valence-corrected chi connectivity index (χ2v) is 13.2. The fourth-order valence-electron chi connectivity index (χ4n) is 5.70. The van der Waals surface area contributed by atoms with E-state index in [-0.39, 0.29) is 18.3 Å². The van der Waals surface area contributed by atoms with E-state index < -0.39 is 16.1 Å². The summed E-state index contributed by atoms with van der Waals surface area (Å²) in [4.78, 5) is 21.6. The van der Waals surface area contributed by atoms with Gasteiger partial charge >= 0.3 is 6.09 Å². The molecular formula is C36H36N6O4S. The normalized spacial score (nSPS) is 12.2. The highest BCUT2D eigenvalue weighted by molar-refractivity contribution is 7.92. The van der Waals surface area contributed by atoms with Gasteiger partial charge in [0.1, 0.15) is 18.8 Å². The smallest absolute Gasteiger partial charge is 0.411 e. The molecule has 0 saturated carbocycles. The quantitative estimate of drug-likeness (QED) is 0.105. The van der Waals surface area contributed by atoms with Crippen LogP contribution >= 0.6 is 0 Å². The molecule has 5 N–H and O–H groups in total.